The topological polar surface area (TPSA) is 51.2 Å². The van der Waals surface area contributed by atoms with Gasteiger partial charge in [-0.2, -0.15) is 0 Å². The molecule has 0 aromatic carbocycles. The summed E-state index contributed by atoms with van der Waals surface area (Å²) in [5.74, 6) is -2.15. The zero-order valence-corrected chi connectivity index (χ0v) is 7.68. The fourth-order valence-corrected chi connectivity index (χ4v) is 0.859. The van der Waals surface area contributed by atoms with Crippen LogP contribution in [-0.2, 0) is 31.2 Å². The van der Waals surface area contributed by atoms with Crippen LogP contribution in [0.15, 0.2) is 0 Å². The van der Waals surface area contributed by atoms with Gasteiger partial charge in [-0.3, -0.25) is 14.4 Å². The van der Waals surface area contributed by atoms with Crippen molar-refractivity contribution in [1.29, 1.82) is 0 Å². The van der Waals surface area contributed by atoms with Gasteiger partial charge in [-0.15, -0.1) is 0 Å². The zero-order chi connectivity index (χ0) is 8.31. The Kier molecular flexibility index (Phi) is 6.21. The van der Waals surface area contributed by atoms with E-state index in [1.807, 2.05) is 0 Å². The van der Waals surface area contributed by atoms with Gasteiger partial charge in [-0.1, -0.05) is 0 Å². The minimum atomic E-state index is -1.03. The maximum Gasteiger partial charge on any atom is 2.00 e. The first kappa shape index (κ1) is 13.1. The maximum absolute atomic E-state index is 10.6. The second-order valence-corrected chi connectivity index (χ2v) is 2.26. The largest absolute Gasteiger partial charge is 2.00 e. The van der Waals surface area contributed by atoms with Crippen LogP contribution in [-0.4, -0.2) is 17.3 Å². The first-order valence-electron chi connectivity index (χ1n) is 2.98. The van der Waals surface area contributed by atoms with Crippen LogP contribution in [0.2, 0.25) is 0 Å². The summed E-state index contributed by atoms with van der Waals surface area (Å²) in [7, 11) is 0. The van der Waals surface area contributed by atoms with Crippen molar-refractivity contribution in [2.45, 2.75) is 20.8 Å². The van der Waals surface area contributed by atoms with Gasteiger partial charge in [0.25, 0.3) is 0 Å². The van der Waals surface area contributed by atoms with Crippen molar-refractivity contribution < 1.29 is 31.2 Å². The minimum absolute atomic E-state index is 0. The van der Waals surface area contributed by atoms with Gasteiger partial charge in [0.1, 0.15) is 23.3 Å². The first-order chi connectivity index (χ1) is 4.46. The van der Waals surface area contributed by atoms with Crippen LogP contribution in [0.1, 0.15) is 20.8 Å². The van der Waals surface area contributed by atoms with E-state index in [4.69, 9.17) is 0 Å². The smallest absolute Gasteiger partial charge is 0.299 e. The van der Waals surface area contributed by atoms with Gasteiger partial charge in [0.05, 0.1) is 0 Å². The number of carbonyl (C=O) groups excluding carboxylic acids is 3. The zero-order valence-electron chi connectivity index (χ0n) is 6.64. The molecule has 0 saturated carbocycles. The van der Waals surface area contributed by atoms with Crippen molar-refractivity contribution >= 4 is 17.3 Å². The first-order valence-corrected chi connectivity index (χ1v) is 2.98. The Hall–Kier alpha value is -0.484. The van der Waals surface area contributed by atoms with E-state index in [0.29, 0.717) is 0 Å². The third kappa shape index (κ3) is 4.05. The third-order valence-corrected chi connectivity index (χ3v) is 1.22. The predicted molar refractivity (Wildman–Crippen MR) is 35.5 cm³/mol. The second kappa shape index (κ2) is 5.20. The molecule has 0 saturated heterocycles. The maximum atomic E-state index is 10.6. The monoisotopic (exact) mass is 201 g/mol. The predicted octanol–water partition coefficient (Wildman–Crippen LogP) is 0.367. The SMILES string of the molecule is CC(=O)C(C(C)=O)C(C)=O.[Co+2]. The molecule has 0 bridgehead atoms. The third-order valence-electron chi connectivity index (χ3n) is 1.22. The van der Waals surface area contributed by atoms with Gasteiger partial charge in [0.2, 0.25) is 0 Å². The Balaban J connectivity index is 0. The number of rotatable bonds is 3. The molecule has 3 nitrogen and oxygen atoms in total. The molecule has 0 unspecified atom stereocenters. The summed E-state index contributed by atoms with van der Waals surface area (Å²) in [5.41, 5.74) is 0. The molecular weight excluding hydrogens is 191 g/mol. The molecule has 0 aliphatic heterocycles. The van der Waals surface area contributed by atoms with Crippen molar-refractivity contribution in [3.63, 3.8) is 0 Å². The average Bonchev–Trinajstić information content (AvgIpc) is 1.59. The normalized spacial score (nSPS) is 8.73. The summed E-state index contributed by atoms with van der Waals surface area (Å²) in [6.07, 6.45) is 0. The van der Waals surface area contributed by atoms with E-state index in [9.17, 15) is 14.4 Å². The van der Waals surface area contributed by atoms with E-state index in [1.165, 1.54) is 20.8 Å². The molecule has 0 aromatic rings. The van der Waals surface area contributed by atoms with Gasteiger partial charge >= 0.3 is 16.8 Å². The van der Waals surface area contributed by atoms with Crippen LogP contribution in [0.4, 0.5) is 0 Å². The van der Waals surface area contributed by atoms with Crippen LogP contribution in [0.3, 0.4) is 0 Å². The number of hydrogen-bond acceptors (Lipinski definition) is 3. The van der Waals surface area contributed by atoms with Crippen molar-refractivity contribution in [3.05, 3.63) is 0 Å². The number of hydrogen-bond donors (Lipinski definition) is 0. The summed E-state index contributed by atoms with van der Waals surface area (Å²) in [6, 6.07) is 0. The summed E-state index contributed by atoms with van der Waals surface area (Å²) in [4.78, 5) is 31.8. The van der Waals surface area contributed by atoms with Gasteiger partial charge in [-0.05, 0) is 20.8 Å². The van der Waals surface area contributed by atoms with Crippen molar-refractivity contribution in [2.24, 2.45) is 5.92 Å². The Morgan fingerprint density at radius 1 is 0.818 bits per heavy atom. The Bertz CT molecular complexity index is 153. The molecule has 4 heteroatoms. The summed E-state index contributed by atoms with van der Waals surface area (Å²) in [5, 5.41) is 0. The summed E-state index contributed by atoms with van der Waals surface area (Å²) >= 11 is 0. The minimum Gasteiger partial charge on any atom is -0.299 e. The number of Topliss-reactive ketones (excluding diaryl/α,β-unsaturated/α-hetero) is 3. The average molecular weight is 201 g/mol. The number of ketones is 3. The molecule has 1 radical (unpaired) electrons. The quantitative estimate of drug-likeness (QED) is 0.619. The molecule has 11 heavy (non-hydrogen) atoms. The van der Waals surface area contributed by atoms with Gasteiger partial charge in [0.15, 0.2) is 0 Å². The van der Waals surface area contributed by atoms with E-state index < -0.39 is 5.92 Å². The summed E-state index contributed by atoms with van der Waals surface area (Å²) < 4.78 is 0. The second-order valence-electron chi connectivity index (χ2n) is 2.26. The fourth-order valence-electron chi connectivity index (χ4n) is 0.859. The van der Waals surface area contributed by atoms with E-state index >= 15 is 0 Å². The van der Waals surface area contributed by atoms with Crippen molar-refractivity contribution in [2.75, 3.05) is 0 Å². The Labute approximate surface area is 75.7 Å². The molecule has 0 fully saturated rings. The molecule has 0 N–H and O–H groups in total. The molecule has 0 aromatic heterocycles. The van der Waals surface area contributed by atoms with Gasteiger partial charge in [-0.25, -0.2) is 0 Å². The molecular formula is C7H10CoO3+2. The molecule has 0 atom stereocenters. The van der Waals surface area contributed by atoms with Crippen LogP contribution in [0.5, 0.6) is 0 Å². The molecule has 0 heterocycles. The van der Waals surface area contributed by atoms with Crippen LogP contribution >= 0.6 is 0 Å². The van der Waals surface area contributed by atoms with Crippen LogP contribution < -0.4 is 0 Å². The Morgan fingerprint density at radius 3 is 1.00 bits per heavy atom. The van der Waals surface area contributed by atoms with E-state index in [-0.39, 0.29) is 34.1 Å². The van der Waals surface area contributed by atoms with Crippen molar-refractivity contribution in [3.8, 4) is 0 Å². The molecule has 0 rings (SSSR count). The van der Waals surface area contributed by atoms with Crippen LogP contribution in [0, 0.1) is 5.92 Å². The van der Waals surface area contributed by atoms with E-state index in [1.54, 1.807) is 0 Å². The van der Waals surface area contributed by atoms with Crippen molar-refractivity contribution in [1.82, 2.24) is 0 Å². The van der Waals surface area contributed by atoms with E-state index in [2.05, 4.69) is 0 Å². The van der Waals surface area contributed by atoms with E-state index in [0.717, 1.165) is 0 Å². The summed E-state index contributed by atoms with van der Waals surface area (Å²) in [6.45, 7) is 3.73. The van der Waals surface area contributed by atoms with Gasteiger partial charge < -0.3 is 0 Å². The molecule has 0 amide bonds. The molecule has 63 valence electrons. The van der Waals surface area contributed by atoms with Gasteiger partial charge in [0, 0.05) is 0 Å². The molecule has 0 aliphatic carbocycles. The fraction of sp³-hybridized carbons (Fsp3) is 0.571. The molecule has 0 aliphatic rings. The Morgan fingerprint density at radius 2 is 1.00 bits per heavy atom. The molecule has 0 spiro atoms. The van der Waals surface area contributed by atoms with Crippen LogP contribution in [0.25, 0.3) is 0 Å². The number of carbonyl (C=O) groups is 3. The standard InChI is InChI=1S/C7H10O3.Co/c1-4(8)7(5(2)9)6(3)10;/h7H,1-3H3;/q;+2.